The van der Waals surface area contributed by atoms with E-state index in [1.165, 1.54) is 6.07 Å². The van der Waals surface area contributed by atoms with Crippen LogP contribution in [0, 0.1) is 0 Å². The summed E-state index contributed by atoms with van der Waals surface area (Å²) >= 11 is 6.40. The van der Waals surface area contributed by atoms with E-state index in [1.54, 1.807) is 48.5 Å². The highest BCUT2D eigenvalue weighted by Crippen LogP contribution is 2.33. The van der Waals surface area contributed by atoms with Crippen LogP contribution in [-0.4, -0.2) is 30.6 Å². The van der Waals surface area contributed by atoms with Crippen molar-refractivity contribution in [1.82, 2.24) is 4.31 Å². The van der Waals surface area contributed by atoms with Crippen LogP contribution >= 0.6 is 11.6 Å². The quantitative estimate of drug-likeness (QED) is 0.261. The van der Waals surface area contributed by atoms with Gasteiger partial charge in [0.2, 0.25) is 15.9 Å². The maximum atomic E-state index is 14.1. The molecule has 1 aliphatic heterocycles. The van der Waals surface area contributed by atoms with Crippen LogP contribution in [0.25, 0.3) is 10.8 Å². The van der Waals surface area contributed by atoms with Crippen molar-refractivity contribution in [2.24, 2.45) is 0 Å². The van der Waals surface area contributed by atoms with E-state index in [2.05, 4.69) is 13.8 Å². The molecule has 0 spiro atoms. The maximum Gasteiger partial charge on any atom is 0.252 e. The fourth-order valence-corrected chi connectivity index (χ4v) is 6.53. The molecule has 38 heavy (non-hydrogen) atoms. The van der Waals surface area contributed by atoms with Crippen LogP contribution in [0.1, 0.15) is 37.3 Å². The Morgan fingerprint density at radius 2 is 1.55 bits per heavy atom. The molecule has 0 aliphatic carbocycles. The van der Waals surface area contributed by atoms with Gasteiger partial charge in [-0.1, -0.05) is 86.1 Å². The average molecular weight is 547 g/mol. The topological polar surface area (TPSA) is 74.8 Å². The fraction of sp³-hybridized carbons (Fsp3) is 0.200. The van der Waals surface area contributed by atoms with Crippen LogP contribution in [0.3, 0.4) is 0 Å². The summed E-state index contributed by atoms with van der Waals surface area (Å²) in [6.07, 6.45) is -0.262. The Morgan fingerprint density at radius 3 is 2.24 bits per heavy atom. The number of carbonyl (C=O) groups excluding carboxylic acids is 2. The van der Waals surface area contributed by atoms with Crippen molar-refractivity contribution in [3.63, 3.8) is 0 Å². The summed E-state index contributed by atoms with van der Waals surface area (Å²) in [6, 6.07) is 25.2. The normalized spacial score (nSPS) is 16.2. The van der Waals surface area contributed by atoms with Crippen molar-refractivity contribution < 1.29 is 18.0 Å². The molecule has 0 bridgehead atoms. The molecule has 2 amide bonds. The summed E-state index contributed by atoms with van der Waals surface area (Å²) in [7, 11) is -4.20. The lowest BCUT2D eigenvalue weighted by molar-refractivity contribution is -0.122. The Bertz CT molecular complexity index is 1630. The van der Waals surface area contributed by atoms with E-state index in [4.69, 9.17) is 11.6 Å². The van der Waals surface area contributed by atoms with Gasteiger partial charge in [0.1, 0.15) is 6.04 Å². The van der Waals surface area contributed by atoms with Gasteiger partial charge in [-0.2, -0.15) is 4.31 Å². The van der Waals surface area contributed by atoms with Crippen LogP contribution < -0.4 is 4.90 Å². The number of rotatable bonds is 7. The molecule has 5 rings (SSSR count). The molecular weight excluding hydrogens is 520 g/mol. The Hall–Kier alpha value is -3.52. The molecule has 1 fully saturated rings. The number of amides is 2. The minimum absolute atomic E-state index is 0.0447. The summed E-state index contributed by atoms with van der Waals surface area (Å²) in [4.78, 5) is 28.0. The average Bonchev–Trinajstić information content (AvgIpc) is 3.20. The number of imide groups is 1. The number of nitrogens with zero attached hydrogens (tertiary/aromatic N) is 2. The van der Waals surface area contributed by atoms with Gasteiger partial charge in [0.25, 0.3) is 5.91 Å². The Morgan fingerprint density at radius 1 is 0.895 bits per heavy atom. The third-order valence-electron chi connectivity index (χ3n) is 6.90. The second-order valence-electron chi connectivity index (χ2n) is 9.68. The highest BCUT2D eigenvalue weighted by molar-refractivity contribution is 7.89. The highest BCUT2D eigenvalue weighted by Gasteiger charge is 2.47. The van der Waals surface area contributed by atoms with E-state index in [1.807, 2.05) is 36.4 Å². The maximum absolute atomic E-state index is 14.1. The van der Waals surface area contributed by atoms with E-state index in [9.17, 15) is 18.0 Å². The van der Waals surface area contributed by atoms with Crippen molar-refractivity contribution in [3.05, 3.63) is 107 Å². The molecule has 1 unspecified atom stereocenters. The lowest BCUT2D eigenvalue weighted by atomic mass is 10.0. The highest BCUT2D eigenvalue weighted by atomic mass is 35.5. The largest absolute Gasteiger partial charge is 0.274 e. The predicted octanol–water partition coefficient (Wildman–Crippen LogP) is 6.14. The number of sulfonamides is 1. The Kier molecular flexibility index (Phi) is 7.09. The molecule has 6 nitrogen and oxygen atoms in total. The lowest BCUT2D eigenvalue weighted by Gasteiger charge is -2.27. The molecule has 1 saturated heterocycles. The molecular formula is C30H27ClN2O4S. The van der Waals surface area contributed by atoms with Gasteiger partial charge in [-0.15, -0.1) is 0 Å². The van der Waals surface area contributed by atoms with Gasteiger partial charge in [0.05, 0.1) is 17.0 Å². The number of fused-ring (bicyclic) bond motifs is 1. The smallest absolute Gasteiger partial charge is 0.252 e. The summed E-state index contributed by atoms with van der Waals surface area (Å²) < 4.78 is 29.3. The first-order valence-corrected chi connectivity index (χ1v) is 14.2. The zero-order chi connectivity index (χ0) is 27.0. The van der Waals surface area contributed by atoms with Gasteiger partial charge in [-0.05, 0) is 58.1 Å². The molecule has 1 heterocycles. The number of halogens is 1. The molecule has 0 radical (unpaired) electrons. The Labute approximate surface area is 227 Å². The van der Waals surface area contributed by atoms with E-state index >= 15 is 0 Å². The van der Waals surface area contributed by atoms with Gasteiger partial charge < -0.3 is 0 Å². The standard InChI is InChI=1S/C30H27ClN2O4S/c1-20(2)21-11-14-25(15-12-21)33-29(34)18-28(30(33)35)32(19-24-9-5-6-10-27(24)31)38(36,37)26-16-13-22-7-3-4-8-23(22)17-26/h3-17,20,28H,18-19H2,1-2H3. The number of carbonyl (C=O) groups is 2. The zero-order valence-corrected chi connectivity index (χ0v) is 22.6. The van der Waals surface area contributed by atoms with Crippen molar-refractivity contribution in [2.75, 3.05) is 4.90 Å². The minimum atomic E-state index is -4.20. The van der Waals surface area contributed by atoms with E-state index in [0.717, 1.165) is 25.5 Å². The molecule has 8 heteroatoms. The first kappa shape index (κ1) is 26.1. The SMILES string of the molecule is CC(C)c1ccc(N2C(=O)CC(N(Cc3ccccc3Cl)S(=O)(=O)c3ccc4ccccc4c3)C2=O)cc1. The number of benzene rings is 4. The third-order valence-corrected chi connectivity index (χ3v) is 9.12. The van der Waals surface area contributed by atoms with Crippen molar-refractivity contribution in [2.45, 2.75) is 43.7 Å². The van der Waals surface area contributed by atoms with Crippen molar-refractivity contribution in [3.8, 4) is 0 Å². The number of anilines is 1. The van der Waals surface area contributed by atoms with Crippen LogP contribution in [0.2, 0.25) is 5.02 Å². The summed E-state index contributed by atoms with van der Waals surface area (Å²) in [5, 5.41) is 2.03. The van der Waals surface area contributed by atoms with E-state index in [0.29, 0.717) is 22.2 Å². The molecule has 4 aromatic rings. The monoisotopic (exact) mass is 546 g/mol. The van der Waals surface area contributed by atoms with Crippen molar-refractivity contribution in [1.29, 1.82) is 0 Å². The molecule has 194 valence electrons. The van der Waals surface area contributed by atoms with Crippen LogP contribution in [-0.2, 0) is 26.2 Å². The second-order valence-corrected chi connectivity index (χ2v) is 12.0. The summed E-state index contributed by atoms with van der Waals surface area (Å²) in [5.74, 6) is -0.737. The summed E-state index contributed by atoms with van der Waals surface area (Å²) in [6.45, 7) is 3.96. The van der Waals surface area contributed by atoms with E-state index < -0.39 is 27.9 Å². The number of hydrogen-bond donors (Lipinski definition) is 0. The lowest BCUT2D eigenvalue weighted by Crippen LogP contribution is -2.45. The first-order valence-electron chi connectivity index (χ1n) is 12.4. The van der Waals surface area contributed by atoms with Crippen molar-refractivity contribution >= 4 is 49.9 Å². The zero-order valence-electron chi connectivity index (χ0n) is 21.0. The van der Waals surface area contributed by atoms with Gasteiger partial charge in [0, 0.05) is 11.6 Å². The van der Waals surface area contributed by atoms with Crippen LogP contribution in [0.4, 0.5) is 5.69 Å². The number of hydrogen-bond acceptors (Lipinski definition) is 4. The van der Waals surface area contributed by atoms with Crippen LogP contribution in [0.5, 0.6) is 0 Å². The third kappa shape index (κ3) is 4.85. The first-order chi connectivity index (χ1) is 18.2. The molecule has 1 atom stereocenters. The minimum Gasteiger partial charge on any atom is -0.274 e. The predicted molar refractivity (Wildman–Crippen MR) is 150 cm³/mol. The second kappa shape index (κ2) is 10.3. The van der Waals surface area contributed by atoms with Gasteiger partial charge in [-0.3, -0.25) is 9.59 Å². The van der Waals surface area contributed by atoms with Gasteiger partial charge in [0.15, 0.2) is 0 Å². The molecule has 0 N–H and O–H groups in total. The fourth-order valence-electron chi connectivity index (χ4n) is 4.74. The van der Waals surface area contributed by atoms with Crippen LogP contribution in [0.15, 0.2) is 95.9 Å². The molecule has 0 saturated carbocycles. The molecule has 1 aliphatic rings. The van der Waals surface area contributed by atoms with Gasteiger partial charge >= 0.3 is 0 Å². The van der Waals surface area contributed by atoms with Gasteiger partial charge in [-0.25, -0.2) is 13.3 Å². The van der Waals surface area contributed by atoms with E-state index in [-0.39, 0.29) is 17.9 Å². The summed E-state index contributed by atoms with van der Waals surface area (Å²) in [5.41, 5.74) is 2.04. The molecule has 0 aromatic heterocycles. The molecule has 4 aromatic carbocycles. The Balaban J connectivity index is 1.56.